The topological polar surface area (TPSA) is 50.7 Å². The fourth-order valence-electron chi connectivity index (χ4n) is 1.71. The Morgan fingerprint density at radius 1 is 1.27 bits per heavy atom. The molecule has 0 heterocycles. The molecule has 5 heteroatoms. The average Bonchev–Trinajstić information content (AvgIpc) is 2.55. The third-order valence-corrected chi connectivity index (χ3v) is 3.23. The molecule has 22 heavy (non-hydrogen) atoms. The van der Waals surface area contributed by atoms with Crippen LogP contribution < -0.4 is 10.2 Å². The Bertz CT molecular complexity index is 684. The van der Waals surface area contributed by atoms with Gasteiger partial charge in [-0.1, -0.05) is 46.8 Å². The zero-order chi connectivity index (χ0) is 15.8. The van der Waals surface area contributed by atoms with Crippen molar-refractivity contribution in [2.75, 3.05) is 6.61 Å². The van der Waals surface area contributed by atoms with E-state index in [1.54, 1.807) is 36.6 Å². The molecule has 0 atom stereocenters. The van der Waals surface area contributed by atoms with Crippen molar-refractivity contribution >= 4 is 28.1 Å². The molecule has 2 aromatic rings. The van der Waals surface area contributed by atoms with Gasteiger partial charge >= 0.3 is 0 Å². The number of rotatable bonds is 6. The van der Waals surface area contributed by atoms with Crippen molar-refractivity contribution < 1.29 is 9.53 Å². The zero-order valence-corrected chi connectivity index (χ0v) is 13.4. The molecule has 0 aliphatic carbocycles. The first-order valence-corrected chi connectivity index (χ1v) is 7.41. The highest BCUT2D eigenvalue weighted by Gasteiger charge is 2.04. The van der Waals surface area contributed by atoms with Crippen molar-refractivity contribution in [3.05, 3.63) is 76.8 Å². The lowest BCUT2D eigenvalue weighted by molar-refractivity contribution is 0.0955. The quantitative estimate of drug-likeness (QED) is 0.485. The van der Waals surface area contributed by atoms with Crippen molar-refractivity contribution in [2.45, 2.75) is 0 Å². The summed E-state index contributed by atoms with van der Waals surface area (Å²) >= 11 is 3.40. The van der Waals surface area contributed by atoms with E-state index in [9.17, 15) is 4.79 Å². The lowest BCUT2D eigenvalue weighted by atomic mass is 10.2. The lowest BCUT2D eigenvalue weighted by Crippen LogP contribution is -2.17. The first-order chi connectivity index (χ1) is 10.7. The van der Waals surface area contributed by atoms with Gasteiger partial charge in [0.15, 0.2) is 0 Å². The standard InChI is InChI=1S/C17H15BrN2O2/c1-2-10-22-16-9-8-15(18)11-14(16)12-19-20-17(21)13-6-4-3-5-7-13/h2-9,11-12H,1,10H2,(H,20,21)/b19-12-. The normalized spacial score (nSPS) is 10.4. The lowest BCUT2D eigenvalue weighted by Gasteiger charge is -2.07. The Kier molecular flexibility index (Phi) is 5.91. The molecular weight excluding hydrogens is 344 g/mol. The number of ether oxygens (including phenoxy) is 1. The van der Waals surface area contributed by atoms with Gasteiger partial charge < -0.3 is 4.74 Å². The summed E-state index contributed by atoms with van der Waals surface area (Å²) in [5.74, 6) is 0.404. The maximum absolute atomic E-state index is 11.9. The molecule has 0 aromatic heterocycles. The first kappa shape index (κ1) is 16.0. The van der Waals surface area contributed by atoms with E-state index in [2.05, 4.69) is 33.0 Å². The van der Waals surface area contributed by atoms with Gasteiger partial charge in [0.1, 0.15) is 12.4 Å². The first-order valence-electron chi connectivity index (χ1n) is 6.62. The van der Waals surface area contributed by atoms with Crippen LogP contribution in [0.25, 0.3) is 0 Å². The van der Waals surface area contributed by atoms with Gasteiger partial charge in [0.2, 0.25) is 0 Å². The number of benzene rings is 2. The highest BCUT2D eigenvalue weighted by atomic mass is 79.9. The number of nitrogens with zero attached hydrogens (tertiary/aromatic N) is 1. The number of hydrazone groups is 1. The van der Waals surface area contributed by atoms with Crippen LogP contribution in [-0.2, 0) is 0 Å². The molecule has 2 aromatic carbocycles. The van der Waals surface area contributed by atoms with Gasteiger partial charge in [-0.25, -0.2) is 5.43 Å². The van der Waals surface area contributed by atoms with Gasteiger partial charge in [0.05, 0.1) is 6.21 Å². The van der Waals surface area contributed by atoms with E-state index >= 15 is 0 Å². The fraction of sp³-hybridized carbons (Fsp3) is 0.0588. The summed E-state index contributed by atoms with van der Waals surface area (Å²) in [6.45, 7) is 4.02. The summed E-state index contributed by atoms with van der Waals surface area (Å²) in [5, 5.41) is 3.98. The van der Waals surface area contributed by atoms with Gasteiger partial charge in [0.25, 0.3) is 5.91 Å². The monoisotopic (exact) mass is 358 g/mol. The van der Waals surface area contributed by atoms with Crippen LogP contribution in [0, 0.1) is 0 Å². The summed E-state index contributed by atoms with van der Waals surface area (Å²) < 4.78 is 6.44. The number of hydrogen-bond acceptors (Lipinski definition) is 3. The van der Waals surface area contributed by atoms with Crippen LogP contribution in [0.1, 0.15) is 15.9 Å². The second-order valence-electron chi connectivity index (χ2n) is 4.35. The molecule has 112 valence electrons. The summed E-state index contributed by atoms with van der Waals surface area (Å²) in [6, 6.07) is 14.5. The molecule has 2 rings (SSSR count). The minimum atomic E-state index is -0.264. The van der Waals surface area contributed by atoms with Gasteiger partial charge in [0, 0.05) is 15.6 Å². The SMILES string of the molecule is C=CCOc1ccc(Br)cc1/C=N\NC(=O)c1ccccc1. The van der Waals surface area contributed by atoms with Crippen LogP contribution >= 0.6 is 15.9 Å². The Labute approximate surface area is 137 Å². The van der Waals surface area contributed by atoms with Crippen LogP contribution in [0.15, 0.2) is 70.8 Å². The number of carbonyl (C=O) groups excluding carboxylic acids is 1. The Morgan fingerprint density at radius 3 is 2.77 bits per heavy atom. The van der Waals surface area contributed by atoms with E-state index in [0.29, 0.717) is 17.9 Å². The van der Waals surface area contributed by atoms with Crippen LogP contribution in [0.3, 0.4) is 0 Å². The average molecular weight is 359 g/mol. The molecule has 0 aliphatic rings. The third kappa shape index (κ3) is 4.56. The van der Waals surface area contributed by atoms with E-state index in [4.69, 9.17) is 4.74 Å². The van der Waals surface area contributed by atoms with Crippen LogP contribution in [0.5, 0.6) is 5.75 Å². The van der Waals surface area contributed by atoms with Crippen molar-refractivity contribution in [2.24, 2.45) is 5.10 Å². The Hall–Kier alpha value is -2.40. The zero-order valence-electron chi connectivity index (χ0n) is 11.8. The molecule has 4 nitrogen and oxygen atoms in total. The largest absolute Gasteiger partial charge is 0.489 e. The van der Waals surface area contributed by atoms with E-state index < -0.39 is 0 Å². The molecule has 0 spiro atoms. The summed E-state index contributed by atoms with van der Waals surface area (Å²) in [5.41, 5.74) is 3.80. The second kappa shape index (κ2) is 8.14. The van der Waals surface area contributed by atoms with Crippen LogP contribution in [0.4, 0.5) is 0 Å². The Balaban J connectivity index is 2.07. The molecule has 0 bridgehead atoms. The number of halogens is 1. The molecule has 1 amide bonds. The van der Waals surface area contributed by atoms with Crippen molar-refractivity contribution in [1.82, 2.24) is 5.43 Å². The Morgan fingerprint density at radius 2 is 2.05 bits per heavy atom. The van der Waals surface area contributed by atoms with E-state index in [-0.39, 0.29) is 5.91 Å². The molecule has 0 fully saturated rings. The molecule has 1 N–H and O–H groups in total. The number of carbonyl (C=O) groups is 1. The highest BCUT2D eigenvalue weighted by Crippen LogP contribution is 2.21. The van der Waals surface area contributed by atoms with Crippen LogP contribution in [-0.4, -0.2) is 18.7 Å². The van der Waals surface area contributed by atoms with E-state index in [1.165, 1.54) is 0 Å². The smallest absolute Gasteiger partial charge is 0.271 e. The minimum absolute atomic E-state index is 0.264. The predicted octanol–water partition coefficient (Wildman–Crippen LogP) is 3.78. The number of hydrogen-bond donors (Lipinski definition) is 1. The number of amides is 1. The van der Waals surface area contributed by atoms with E-state index in [1.807, 2.05) is 24.3 Å². The maximum Gasteiger partial charge on any atom is 0.271 e. The minimum Gasteiger partial charge on any atom is -0.489 e. The molecular formula is C17H15BrN2O2. The van der Waals surface area contributed by atoms with E-state index in [0.717, 1.165) is 10.0 Å². The molecule has 0 radical (unpaired) electrons. The number of nitrogens with one attached hydrogen (secondary N) is 1. The van der Waals surface area contributed by atoms with Crippen LogP contribution in [0.2, 0.25) is 0 Å². The van der Waals surface area contributed by atoms with Gasteiger partial charge in [-0.05, 0) is 30.3 Å². The van der Waals surface area contributed by atoms with Crippen molar-refractivity contribution in [1.29, 1.82) is 0 Å². The molecule has 0 unspecified atom stereocenters. The molecule has 0 aliphatic heterocycles. The van der Waals surface area contributed by atoms with Crippen molar-refractivity contribution in [3.8, 4) is 5.75 Å². The van der Waals surface area contributed by atoms with Gasteiger partial charge in [-0.2, -0.15) is 5.10 Å². The fourth-order valence-corrected chi connectivity index (χ4v) is 2.09. The van der Waals surface area contributed by atoms with Crippen molar-refractivity contribution in [3.63, 3.8) is 0 Å². The summed E-state index contributed by atoms with van der Waals surface area (Å²) in [4.78, 5) is 11.9. The maximum atomic E-state index is 11.9. The summed E-state index contributed by atoms with van der Waals surface area (Å²) in [7, 11) is 0. The predicted molar refractivity (Wildman–Crippen MR) is 91.3 cm³/mol. The van der Waals surface area contributed by atoms with Gasteiger partial charge in [-0.3, -0.25) is 4.79 Å². The molecule has 0 saturated carbocycles. The molecule has 0 saturated heterocycles. The highest BCUT2D eigenvalue weighted by molar-refractivity contribution is 9.10. The third-order valence-electron chi connectivity index (χ3n) is 2.73. The van der Waals surface area contributed by atoms with Gasteiger partial charge in [-0.15, -0.1) is 0 Å². The summed E-state index contributed by atoms with van der Waals surface area (Å²) in [6.07, 6.45) is 3.21. The second-order valence-corrected chi connectivity index (χ2v) is 5.26.